The summed E-state index contributed by atoms with van der Waals surface area (Å²) in [5, 5.41) is 3.46. The quantitative estimate of drug-likeness (QED) is 0.706. The molecule has 0 saturated heterocycles. The van der Waals surface area contributed by atoms with Gasteiger partial charge in [0.15, 0.2) is 0 Å². The van der Waals surface area contributed by atoms with Crippen LogP contribution in [0.15, 0.2) is 48.7 Å². The van der Waals surface area contributed by atoms with E-state index in [-0.39, 0.29) is 0 Å². The molecule has 0 radical (unpaired) electrons. The lowest BCUT2D eigenvalue weighted by Crippen LogP contribution is -2.19. The Labute approximate surface area is 124 Å². The van der Waals surface area contributed by atoms with Gasteiger partial charge in [-0.3, -0.25) is 4.98 Å². The summed E-state index contributed by atoms with van der Waals surface area (Å²) in [6, 6.07) is 14.3. The third-order valence-corrected chi connectivity index (χ3v) is 3.62. The molecule has 0 saturated carbocycles. The van der Waals surface area contributed by atoms with E-state index < -0.39 is 0 Å². The zero-order valence-corrected chi connectivity index (χ0v) is 12.3. The Hall–Kier alpha value is -2.20. The van der Waals surface area contributed by atoms with E-state index in [9.17, 15) is 0 Å². The molecule has 3 rings (SSSR count). The number of nitrogens with zero attached hydrogens (tertiary/aromatic N) is 3. The van der Waals surface area contributed by atoms with Crippen molar-refractivity contribution in [3.8, 4) is 0 Å². The topological polar surface area (TPSA) is 42.7 Å². The molecule has 108 valence electrons. The SMILES string of the molecule is CCn1c(CNCCc2ccccn2)nc2ccccc21. The molecule has 1 N–H and O–H groups in total. The van der Waals surface area contributed by atoms with Crippen molar-refractivity contribution >= 4 is 11.0 Å². The number of hydrogen-bond donors (Lipinski definition) is 1. The lowest BCUT2D eigenvalue weighted by molar-refractivity contribution is 0.617. The Balaban J connectivity index is 1.63. The minimum atomic E-state index is 0.787. The van der Waals surface area contributed by atoms with Crippen molar-refractivity contribution < 1.29 is 0 Å². The Morgan fingerprint density at radius 2 is 1.95 bits per heavy atom. The molecule has 4 nitrogen and oxygen atoms in total. The molecule has 0 aliphatic rings. The van der Waals surface area contributed by atoms with Gasteiger partial charge in [-0.2, -0.15) is 0 Å². The number of imidazole rings is 1. The molecule has 0 fully saturated rings. The van der Waals surface area contributed by atoms with E-state index in [1.54, 1.807) is 0 Å². The largest absolute Gasteiger partial charge is 0.327 e. The van der Waals surface area contributed by atoms with Crippen molar-refractivity contribution in [2.24, 2.45) is 0 Å². The molecule has 2 aromatic heterocycles. The maximum Gasteiger partial charge on any atom is 0.123 e. The highest BCUT2D eigenvalue weighted by atomic mass is 15.1. The summed E-state index contributed by atoms with van der Waals surface area (Å²) < 4.78 is 2.27. The van der Waals surface area contributed by atoms with Crippen LogP contribution in [0.4, 0.5) is 0 Å². The average Bonchev–Trinajstić information content (AvgIpc) is 2.90. The van der Waals surface area contributed by atoms with Gasteiger partial charge in [0.1, 0.15) is 5.82 Å². The van der Waals surface area contributed by atoms with Gasteiger partial charge in [-0.25, -0.2) is 4.98 Å². The van der Waals surface area contributed by atoms with E-state index >= 15 is 0 Å². The molecular formula is C17H20N4. The Morgan fingerprint density at radius 1 is 1.10 bits per heavy atom. The molecule has 0 aliphatic carbocycles. The predicted octanol–water partition coefficient (Wildman–Crippen LogP) is 2.78. The maximum atomic E-state index is 4.71. The predicted molar refractivity (Wildman–Crippen MR) is 85.1 cm³/mol. The van der Waals surface area contributed by atoms with Crippen molar-refractivity contribution in [1.29, 1.82) is 0 Å². The second kappa shape index (κ2) is 6.50. The van der Waals surface area contributed by atoms with Gasteiger partial charge in [-0.05, 0) is 31.2 Å². The second-order valence-corrected chi connectivity index (χ2v) is 5.01. The summed E-state index contributed by atoms with van der Waals surface area (Å²) in [4.78, 5) is 9.04. The first kappa shape index (κ1) is 13.8. The van der Waals surface area contributed by atoms with Crippen LogP contribution in [0.25, 0.3) is 11.0 Å². The van der Waals surface area contributed by atoms with Crippen LogP contribution in [0.2, 0.25) is 0 Å². The molecule has 2 heterocycles. The van der Waals surface area contributed by atoms with Crippen LogP contribution in [0.5, 0.6) is 0 Å². The molecule has 0 bridgehead atoms. The van der Waals surface area contributed by atoms with Gasteiger partial charge in [0.05, 0.1) is 17.6 Å². The molecule has 1 aromatic carbocycles. The number of aryl methyl sites for hydroxylation is 1. The van der Waals surface area contributed by atoms with Gasteiger partial charge in [0.2, 0.25) is 0 Å². The van der Waals surface area contributed by atoms with Crippen molar-refractivity contribution in [1.82, 2.24) is 19.9 Å². The number of nitrogens with one attached hydrogen (secondary N) is 1. The van der Waals surface area contributed by atoms with Gasteiger partial charge >= 0.3 is 0 Å². The number of aromatic nitrogens is 3. The molecule has 0 spiro atoms. The molecule has 0 aliphatic heterocycles. The van der Waals surface area contributed by atoms with Gasteiger partial charge in [0, 0.05) is 31.4 Å². The minimum Gasteiger partial charge on any atom is -0.327 e. The smallest absolute Gasteiger partial charge is 0.123 e. The lowest BCUT2D eigenvalue weighted by atomic mass is 10.3. The Morgan fingerprint density at radius 3 is 2.76 bits per heavy atom. The van der Waals surface area contributed by atoms with Crippen LogP contribution in [0, 0.1) is 0 Å². The van der Waals surface area contributed by atoms with Gasteiger partial charge in [-0.1, -0.05) is 18.2 Å². The number of para-hydroxylation sites is 2. The van der Waals surface area contributed by atoms with Crippen molar-refractivity contribution in [2.75, 3.05) is 6.54 Å². The van der Waals surface area contributed by atoms with E-state index in [4.69, 9.17) is 4.98 Å². The van der Waals surface area contributed by atoms with Gasteiger partial charge in [-0.15, -0.1) is 0 Å². The Bertz CT molecular complexity index is 703. The third kappa shape index (κ3) is 3.11. The lowest BCUT2D eigenvalue weighted by Gasteiger charge is -2.07. The van der Waals surface area contributed by atoms with Crippen LogP contribution in [-0.4, -0.2) is 21.1 Å². The molecular weight excluding hydrogens is 260 g/mol. The third-order valence-electron chi connectivity index (χ3n) is 3.62. The molecule has 4 heteroatoms. The highest BCUT2D eigenvalue weighted by molar-refractivity contribution is 5.75. The van der Waals surface area contributed by atoms with Crippen LogP contribution in [0.1, 0.15) is 18.4 Å². The van der Waals surface area contributed by atoms with Gasteiger partial charge < -0.3 is 9.88 Å². The number of rotatable bonds is 6. The zero-order chi connectivity index (χ0) is 14.5. The van der Waals surface area contributed by atoms with E-state index in [1.165, 1.54) is 5.52 Å². The summed E-state index contributed by atoms with van der Waals surface area (Å²) in [5.74, 6) is 1.10. The molecule has 0 unspecified atom stereocenters. The normalized spacial score (nSPS) is 11.1. The molecule has 0 amide bonds. The highest BCUT2D eigenvalue weighted by Gasteiger charge is 2.08. The zero-order valence-electron chi connectivity index (χ0n) is 12.3. The fourth-order valence-corrected chi connectivity index (χ4v) is 2.58. The van der Waals surface area contributed by atoms with E-state index in [2.05, 4.69) is 46.1 Å². The summed E-state index contributed by atoms with van der Waals surface area (Å²) in [5.41, 5.74) is 3.40. The fraction of sp³-hybridized carbons (Fsp3) is 0.294. The number of fused-ring (bicyclic) bond motifs is 1. The van der Waals surface area contributed by atoms with E-state index in [0.717, 1.165) is 43.1 Å². The average molecular weight is 280 g/mol. The van der Waals surface area contributed by atoms with Crippen LogP contribution in [-0.2, 0) is 19.5 Å². The summed E-state index contributed by atoms with van der Waals surface area (Å²) >= 11 is 0. The maximum absolute atomic E-state index is 4.71. The fourth-order valence-electron chi connectivity index (χ4n) is 2.58. The van der Waals surface area contributed by atoms with Crippen molar-refractivity contribution in [2.45, 2.75) is 26.4 Å². The monoisotopic (exact) mass is 280 g/mol. The first-order chi connectivity index (χ1) is 10.4. The summed E-state index contributed by atoms with van der Waals surface area (Å²) in [7, 11) is 0. The van der Waals surface area contributed by atoms with Crippen LogP contribution in [0.3, 0.4) is 0 Å². The first-order valence-electron chi connectivity index (χ1n) is 7.43. The molecule has 21 heavy (non-hydrogen) atoms. The first-order valence-corrected chi connectivity index (χ1v) is 7.43. The van der Waals surface area contributed by atoms with Crippen molar-refractivity contribution in [3.63, 3.8) is 0 Å². The van der Waals surface area contributed by atoms with Crippen LogP contribution >= 0.6 is 0 Å². The second-order valence-electron chi connectivity index (χ2n) is 5.01. The minimum absolute atomic E-state index is 0.787. The van der Waals surface area contributed by atoms with Crippen molar-refractivity contribution in [3.05, 3.63) is 60.2 Å². The highest BCUT2D eigenvalue weighted by Crippen LogP contribution is 2.15. The van der Waals surface area contributed by atoms with Crippen LogP contribution < -0.4 is 5.32 Å². The number of hydrogen-bond acceptors (Lipinski definition) is 3. The number of pyridine rings is 1. The van der Waals surface area contributed by atoms with E-state index in [0.29, 0.717) is 0 Å². The van der Waals surface area contributed by atoms with E-state index in [1.807, 2.05) is 24.4 Å². The van der Waals surface area contributed by atoms with Gasteiger partial charge in [0.25, 0.3) is 0 Å². The molecule has 3 aromatic rings. The summed E-state index contributed by atoms with van der Waals surface area (Å²) in [6.07, 6.45) is 2.78. The Kier molecular flexibility index (Phi) is 4.26. The summed E-state index contributed by atoms with van der Waals surface area (Å²) in [6.45, 7) is 4.79. The number of benzene rings is 1. The standard InChI is InChI=1S/C17H20N4/c1-2-21-16-9-4-3-8-15(16)20-17(21)13-18-12-10-14-7-5-6-11-19-14/h3-9,11,18H,2,10,12-13H2,1H3. The molecule has 0 atom stereocenters.